The van der Waals surface area contributed by atoms with Gasteiger partial charge in [0, 0.05) is 35.8 Å². The minimum Gasteiger partial charge on any atom is -0.497 e. The van der Waals surface area contributed by atoms with Gasteiger partial charge in [-0.15, -0.1) is 0 Å². The number of imide groups is 1. The van der Waals surface area contributed by atoms with Crippen molar-refractivity contribution in [2.75, 3.05) is 19.0 Å². The summed E-state index contributed by atoms with van der Waals surface area (Å²) in [4.78, 5) is 41.4. The van der Waals surface area contributed by atoms with Crippen molar-refractivity contribution in [3.05, 3.63) is 60.0 Å². The Morgan fingerprint density at radius 2 is 1.97 bits per heavy atom. The minimum absolute atomic E-state index is 0.0816. The number of ether oxygens (including phenoxy) is 1. The number of carbonyl (C=O) groups excluding carboxylic acids is 3. The van der Waals surface area contributed by atoms with E-state index in [1.807, 2.05) is 0 Å². The fraction of sp³-hybridized carbons (Fsp3) is 0.261. The monoisotopic (exact) mass is 438 g/mol. The maximum absolute atomic E-state index is 13.6. The van der Waals surface area contributed by atoms with Gasteiger partial charge in [-0.3, -0.25) is 14.5 Å². The molecule has 2 heterocycles. The number of nitrogens with one attached hydrogen (secondary N) is 3. The van der Waals surface area contributed by atoms with E-state index in [1.165, 1.54) is 12.1 Å². The zero-order valence-electron chi connectivity index (χ0n) is 17.5. The second kappa shape index (κ2) is 9.09. The molecule has 8 nitrogen and oxygen atoms in total. The highest BCUT2D eigenvalue weighted by Crippen LogP contribution is 2.21. The number of benzene rings is 2. The quantitative estimate of drug-likeness (QED) is 0.470. The third kappa shape index (κ3) is 4.56. The predicted octanol–water partition coefficient (Wildman–Crippen LogP) is 3.20. The molecule has 3 N–H and O–H groups in total. The number of methoxy groups -OCH3 is 1. The Morgan fingerprint density at radius 3 is 2.72 bits per heavy atom. The average Bonchev–Trinajstić information content (AvgIpc) is 3.30. The van der Waals surface area contributed by atoms with E-state index in [-0.39, 0.29) is 37.0 Å². The van der Waals surface area contributed by atoms with Crippen LogP contribution in [0.15, 0.2) is 48.7 Å². The van der Waals surface area contributed by atoms with E-state index < -0.39 is 12.1 Å². The minimum atomic E-state index is -0.746. The number of hydrogen-bond donors (Lipinski definition) is 3. The molecule has 0 bridgehead atoms. The van der Waals surface area contributed by atoms with Gasteiger partial charge in [0.05, 0.1) is 7.11 Å². The van der Waals surface area contributed by atoms with Gasteiger partial charge in [-0.1, -0.05) is 0 Å². The molecule has 4 amide bonds. The highest BCUT2D eigenvalue weighted by Gasteiger charge is 2.37. The second-order valence-electron chi connectivity index (χ2n) is 7.56. The van der Waals surface area contributed by atoms with E-state index in [9.17, 15) is 18.8 Å². The molecule has 1 saturated heterocycles. The molecular weight excluding hydrogens is 415 g/mol. The highest BCUT2D eigenvalue weighted by atomic mass is 19.1. The summed E-state index contributed by atoms with van der Waals surface area (Å²) < 4.78 is 18.6. The number of H-pyrrole nitrogens is 1. The van der Waals surface area contributed by atoms with Gasteiger partial charge in [-0.05, 0) is 60.9 Å². The number of rotatable bonds is 8. The maximum atomic E-state index is 13.6. The molecule has 0 spiro atoms. The second-order valence-corrected chi connectivity index (χ2v) is 7.56. The van der Waals surface area contributed by atoms with E-state index in [4.69, 9.17) is 4.74 Å². The van der Waals surface area contributed by atoms with Crippen molar-refractivity contribution in [3.8, 4) is 5.75 Å². The van der Waals surface area contributed by atoms with E-state index in [0.717, 1.165) is 21.4 Å². The number of fused-ring (bicyclic) bond motifs is 1. The Hall–Kier alpha value is -3.88. The van der Waals surface area contributed by atoms with Gasteiger partial charge in [-0.25, -0.2) is 9.18 Å². The van der Waals surface area contributed by atoms with Gasteiger partial charge in [0.1, 0.15) is 17.6 Å². The number of carbonyl (C=O) groups is 3. The highest BCUT2D eigenvalue weighted by molar-refractivity contribution is 6.04. The van der Waals surface area contributed by atoms with Gasteiger partial charge >= 0.3 is 6.03 Å². The third-order valence-corrected chi connectivity index (χ3v) is 5.48. The molecule has 0 unspecified atom stereocenters. The van der Waals surface area contributed by atoms with Crippen LogP contribution in [0.4, 0.5) is 14.9 Å². The van der Waals surface area contributed by atoms with Crippen molar-refractivity contribution in [2.24, 2.45) is 0 Å². The summed E-state index contributed by atoms with van der Waals surface area (Å²) in [6.07, 6.45) is 2.43. The number of aromatic nitrogens is 1. The Labute approximate surface area is 183 Å². The summed E-state index contributed by atoms with van der Waals surface area (Å²) in [5.41, 5.74) is 2.23. The van der Waals surface area contributed by atoms with E-state index >= 15 is 0 Å². The van der Waals surface area contributed by atoms with Crippen molar-refractivity contribution in [3.63, 3.8) is 0 Å². The van der Waals surface area contributed by atoms with Crippen molar-refractivity contribution in [1.29, 1.82) is 0 Å². The molecule has 1 aromatic heterocycles. The lowest BCUT2D eigenvalue weighted by atomic mass is 10.1. The number of anilines is 1. The topological polar surface area (TPSA) is 104 Å². The van der Waals surface area contributed by atoms with Crippen molar-refractivity contribution >= 4 is 34.4 Å². The summed E-state index contributed by atoms with van der Waals surface area (Å²) in [5, 5.41) is 6.12. The molecule has 32 heavy (non-hydrogen) atoms. The zero-order chi connectivity index (χ0) is 22.7. The summed E-state index contributed by atoms with van der Waals surface area (Å²) >= 11 is 0. The molecule has 1 atom stereocenters. The first-order valence-corrected chi connectivity index (χ1v) is 10.3. The molecule has 1 aliphatic heterocycles. The van der Waals surface area contributed by atoms with E-state index in [2.05, 4.69) is 15.6 Å². The predicted molar refractivity (Wildman–Crippen MR) is 117 cm³/mol. The molecule has 1 fully saturated rings. The Bertz CT molecular complexity index is 1160. The number of aromatic amines is 1. The SMILES string of the molecule is COc1ccc(NC(=O)CC[C@H]2NC(=O)N(CCc3c[nH]c4ccc(F)cc34)C2=O)cc1. The van der Waals surface area contributed by atoms with Gasteiger partial charge < -0.3 is 20.4 Å². The first kappa shape index (κ1) is 21.4. The van der Waals surface area contributed by atoms with Crippen LogP contribution in [-0.2, 0) is 16.0 Å². The van der Waals surface area contributed by atoms with Gasteiger partial charge in [0.2, 0.25) is 5.91 Å². The van der Waals surface area contributed by atoms with Crippen molar-refractivity contribution in [1.82, 2.24) is 15.2 Å². The molecule has 0 radical (unpaired) electrons. The summed E-state index contributed by atoms with van der Waals surface area (Å²) in [7, 11) is 1.56. The average molecular weight is 438 g/mol. The number of halogens is 1. The van der Waals surface area contributed by atoms with Crippen LogP contribution in [0.5, 0.6) is 5.75 Å². The van der Waals surface area contributed by atoms with Gasteiger partial charge in [0.15, 0.2) is 0 Å². The Morgan fingerprint density at radius 1 is 1.19 bits per heavy atom. The van der Waals surface area contributed by atoms with Crippen LogP contribution in [0, 0.1) is 5.82 Å². The lowest BCUT2D eigenvalue weighted by Gasteiger charge is -2.13. The van der Waals surface area contributed by atoms with Crippen LogP contribution >= 0.6 is 0 Å². The van der Waals surface area contributed by atoms with Crippen LogP contribution in [-0.4, -0.2) is 47.4 Å². The fourth-order valence-electron chi connectivity index (χ4n) is 3.75. The molecule has 4 rings (SSSR count). The lowest BCUT2D eigenvalue weighted by molar-refractivity contribution is -0.127. The van der Waals surface area contributed by atoms with E-state index in [0.29, 0.717) is 17.9 Å². The summed E-state index contributed by atoms with van der Waals surface area (Å²) in [6.45, 7) is 0.169. The smallest absolute Gasteiger partial charge is 0.324 e. The first-order valence-electron chi connectivity index (χ1n) is 10.3. The molecule has 9 heteroatoms. The van der Waals surface area contributed by atoms with Crippen LogP contribution in [0.2, 0.25) is 0 Å². The molecule has 1 aliphatic rings. The third-order valence-electron chi connectivity index (χ3n) is 5.48. The summed E-state index contributed by atoms with van der Waals surface area (Å²) in [6, 6.07) is 10.1. The van der Waals surface area contributed by atoms with Crippen LogP contribution in [0.25, 0.3) is 10.9 Å². The standard InChI is InChI=1S/C23H23FN4O4/c1-32-17-5-3-16(4-6-17)26-21(29)9-8-20-22(30)28(23(31)27-20)11-10-14-13-25-19-7-2-15(24)12-18(14)19/h2-7,12-13,20,25H,8-11H2,1H3,(H,26,29)(H,27,31)/t20-/m1/s1. The molecule has 166 valence electrons. The van der Waals surface area contributed by atoms with Crippen molar-refractivity contribution in [2.45, 2.75) is 25.3 Å². The van der Waals surface area contributed by atoms with Crippen LogP contribution < -0.4 is 15.4 Å². The number of amides is 4. The van der Waals surface area contributed by atoms with E-state index in [1.54, 1.807) is 43.6 Å². The maximum Gasteiger partial charge on any atom is 0.324 e. The van der Waals surface area contributed by atoms with Gasteiger partial charge in [-0.2, -0.15) is 0 Å². The van der Waals surface area contributed by atoms with Crippen LogP contribution in [0.3, 0.4) is 0 Å². The fourth-order valence-corrected chi connectivity index (χ4v) is 3.75. The first-order chi connectivity index (χ1) is 15.4. The molecule has 3 aromatic rings. The molecule has 0 saturated carbocycles. The molecular formula is C23H23FN4O4. The lowest BCUT2D eigenvalue weighted by Crippen LogP contribution is -2.33. The molecule has 2 aromatic carbocycles. The zero-order valence-corrected chi connectivity index (χ0v) is 17.5. The van der Waals surface area contributed by atoms with Crippen LogP contribution in [0.1, 0.15) is 18.4 Å². The number of hydrogen-bond acceptors (Lipinski definition) is 4. The number of urea groups is 1. The Kier molecular flexibility index (Phi) is 6.07. The van der Waals surface area contributed by atoms with Gasteiger partial charge in [0.25, 0.3) is 5.91 Å². The normalized spacial score (nSPS) is 15.8. The largest absolute Gasteiger partial charge is 0.497 e. The van der Waals surface area contributed by atoms with Crippen molar-refractivity contribution < 1.29 is 23.5 Å². The Balaban J connectivity index is 1.30. The molecule has 0 aliphatic carbocycles. The number of nitrogens with zero attached hydrogens (tertiary/aromatic N) is 1. The summed E-state index contributed by atoms with van der Waals surface area (Å²) in [5.74, 6) is -0.281.